The quantitative estimate of drug-likeness (QED) is 0.801. The molecule has 1 aromatic carbocycles. The molecule has 0 amide bonds. The molecule has 3 N–H and O–H groups in total. The van der Waals surface area contributed by atoms with Crippen LogP contribution in [-0.4, -0.2) is 12.9 Å². The van der Waals surface area contributed by atoms with E-state index in [1.165, 1.54) is 11.3 Å². The number of para-hydroxylation sites is 1. The molecule has 1 aliphatic rings. The molecule has 1 fully saturated rings. The van der Waals surface area contributed by atoms with E-state index in [-0.39, 0.29) is 11.7 Å². The molecule has 3 rings (SSSR count). The summed E-state index contributed by atoms with van der Waals surface area (Å²) in [6, 6.07) is 9.71. The second-order valence-electron chi connectivity index (χ2n) is 5.20. The number of anilines is 2. The fourth-order valence-corrected chi connectivity index (χ4v) is 3.24. The van der Waals surface area contributed by atoms with E-state index in [0.717, 1.165) is 29.2 Å². The first-order chi connectivity index (χ1) is 10.2. The molecule has 1 saturated carbocycles. The lowest BCUT2D eigenvalue weighted by atomic mass is 10.2. The minimum absolute atomic E-state index is 0.197. The Hall–Kier alpha value is -2.01. The highest BCUT2D eigenvalue weighted by Gasteiger charge is 2.32. The first-order valence-corrected chi connectivity index (χ1v) is 7.80. The summed E-state index contributed by atoms with van der Waals surface area (Å²) >= 11 is 1.44. The zero-order valence-electron chi connectivity index (χ0n) is 11.9. The highest BCUT2D eigenvalue weighted by Crippen LogP contribution is 2.38. The van der Waals surface area contributed by atoms with Gasteiger partial charge in [0.1, 0.15) is 5.75 Å². The lowest BCUT2D eigenvalue weighted by Gasteiger charge is -2.08. The van der Waals surface area contributed by atoms with Crippen molar-refractivity contribution in [2.75, 3.05) is 18.2 Å². The van der Waals surface area contributed by atoms with Crippen molar-refractivity contribution in [1.82, 2.24) is 0 Å². The molecule has 1 aromatic heterocycles. The molecule has 0 radical (unpaired) electrons. The minimum Gasteiger partial charge on any atom is -0.496 e. The van der Waals surface area contributed by atoms with Crippen LogP contribution in [0.25, 0.3) is 0 Å². The molecule has 0 unspecified atom stereocenters. The maximum absolute atomic E-state index is 12.1. The Bertz CT molecular complexity index is 662. The zero-order valence-corrected chi connectivity index (χ0v) is 12.7. The van der Waals surface area contributed by atoms with Gasteiger partial charge in [-0.05, 0) is 25.0 Å². The third kappa shape index (κ3) is 3.03. The Morgan fingerprint density at radius 2 is 2.19 bits per heavy atom. The van der Waals surface area contributed by atoms with Gasteiger partial charge in [-0.25, -0.2) is 0 Å². The average Bonchev–Trinajstić information content (AvgIpc) is 3.28. The molecule has 0 spiro atoms. The van der Waals surface area contributed by atoms with Gasteiger partial charge in [-0.1, -0.05) is 18.2 Å². The van der Waals surface area contributed by atoms with E-state index in [0.29, 0.717) is 17.1 Å². The third-order valence-electron chi connectivity index (χ3n) is 3.58. The molecular weight excluding hydrogens is 284 g/mol. The molecule has 0 aliphatic heterocycles. The summed E-state index contributed by atoms with van der Waals surface area (Å²) in [5.74, 6) is 1.25. The first-order valence-electron chi connectivity index (χ1n) is 6.98. The minimum atomic E-state index is 0.197. The van der Waals surface area contributed by atoms with Crippen molar-refractivity contribution in [1.29, 1.82) is 0 Å². The number of carbonyl (C=O) groups excluding carboxylic acids is 1. The van der Waals surface area contributed by atoms with Gasteiger partial charge in [0.05, 0.1) is 22.7 Å². The number of hydrogen-bond donors (Lipinski definition) is 2. The highest BCUT2D eigenvalue weighted by molar-refractivity contribution is 7.18. The predicted molar refractivity (Wildman–Crippen MR) is 86.1 cm³/mol. The molecular formula is C16H18N2O2S. The summed E-state index contributed by atoms with van der Waals surface area (Å²) in [6.45, 7) is 0.640. The number of nitrogen functional groups attached to an aromatic ring is 1. The molecule has 4 nitrogen and oxygen atoms in total. The van der Waals surface area contributed by atoms with Crippen LogP contribution < -0.4 is 15.8 Å². The summed E-state index contributed by atoms with van der Waals surface area (Å²) in [4.78, 5) is 12.8. The number of nitrogens with one attached hydrogen (secondary N) is 1. The Morgan fingerprint density at radius 1 is 1.43 bits per heavy atom. The maximum Gasteiger partial charge on any atom is 0.178 e. The van der Waals surface area contributed by atoms with Gasteiger partial charge in [0.15, 0.2) is 5.78 Å². The van der Waals surface area contributed by atoms with Crippen LogP contribution in [0.3, 0.4) is 0 Å². The van der Waals surface area contributed by atoms with Crippen LogP contribution in [0.15, 0.2) is 30.3 Å². The van der Waals surface area contributed by atoms with E-state index < -0.39 is 0 Å². The molecule has 21 heavy (non-hydrogen) atoms. The van der Waals surface area contributed by atoms with Crippen molar-refractivity contribution in [3.63, 3.8) is 0 Å². The van der Waals surface area contributed by atoms with Gasteiger partial charge < -0.3 is 15.8 Å². The van der Waals surface area contributed by atoms with Gasteiger partial charge >= 0.3 is 0 Å². The van der Waals surface area contributed by atoms with Crippen molar-refractivity contribution in [2.45, 2.75) is 19.4 Å². The van der Waals surface area contributed by atoms with Crippen LogP contribution in [0.4, 0.5) is 10.7 Å². The smallest absolute Gasteiger partial charge is 0.178 e. The molecule has 2 aromatic rings. The first kappa shape index (κ1) is 13.9. The second-order valence-corrected chi connectivity index (χ2v) is 6.25. The van der Waals surface area contributed by atoms with Crippen LogP contribution in [0.2, 0.25) is 0 Å². The lowest BCUT2D eigenvalue weighted by molar-refractivity contribution is 0.0972. The number of ketones is 1. The molecule has 1 aliphatic carbocycles. The summed E-state index contributed by atoms with van der Waals surface area (Å²) in [5, 5.41) is 4.24. The standard InChI is InChI=1S/C16H18N2O2S/c1-20-13-5-3-2-4-11(13)9-18-14-8-12(17)16(21-14)15(19)10-6-7-10/h2-5,8,10,18H,6-7,9,17H2,1H3. The Morgan fingerprint density at radius 3 is 2.90 bits per heavy atom. The lowest BCUT2D eigenvalue weighted by Crippen LogP contribution is -2.01. The van der Waals surface area contributed by atoms with Gasteiger partial charge in [0.2, 0.25) is 0 Å². The van der Waals surface area contributed by atoms with Crippen LogP contribution in [0.5, 0.6) is 5.75 Å². The number of thiophene rings is 1. The van der Waals surface area contributed by atoms with Crippen molar-refractivity contribution in [3.05, 3.63) is 40.8 Å². The van der Waals surface area contributed by atoms with E-state index in [2.05, 4.69) is 5.32 Å². The normalized spacial score (nSPS) is 14.0. The van der Waals surface area contributed by atoms with Crippen LogP contribution in [0.1, 0.15) is 28.1 Å². The van der Waals surface area contributed by atoms with E-state index in [9.17, 15) is 4.79 Å². The Balaban J connectivity index is 1.70. The summed E-state index contributed by atoms with van der Waals surface area (Å²) in [7, 11) is 1.66. The number of nitrogens with two attached hydrogens (primary N) is 1. The Kier molecular flexibility index (Phi) is 3.84. The number of Topliss-reactive ketones (excluding diaryl/α,β-unsaturated/α-hetero) is 1. The number of ether oxygens (including phenoxy) is 1. The SMILES string of the molecule is COc1ccccc1CNc1cc(N)c(C(=O)C2CC2)s1. The van der Waals surface area contributed by atoms with Crippen LogP contribution in [0, 0.1) is 5.92 Å². The molecule has 0 bridgehead atoms. The van der Waals surface area contributed by atoms with Crippen LogP contribution in [-0.2, 0) is 6.54 Å². The van der Waals surface area contributed by atoms with E-state index in [1.807, 2.05) is 30.3 Å². The topological polar surface area (TPSA) is 64.3 Å². The fraction of sp³-hybridized carbons (Fsp3) is 0.312. The van der Waals surface area contributed by atoms with Gasteiger partial charge in [0.25, 0.3) is 0 Å². The monoisotopic (exact) mass is 302 g/mol. The molecule has 1 heterocycles. The summed E-state index contributed by atoms with van der Waals surface area (Å²) in [6.07, 6.45) is 2.00. The Labute approximate surface area is 127 Å². The largest absolute Gasteiger partial charge is 0.496 e. The van der Waals surface area contributed by atoms with Crippen LogP contribution >= 0.6 is 11.3 Å². The molecule has 0 atom stereocenters. The van der Waals surface area contributed by atoms with Gasteiger partial charge in [0, 0.05) is 18.0 Å². The molecule has 0 saturated heterocycles. The van der Waals surface area contributed by atoms with Crippen molar-refractivity contribution in [3.8, 4) is 5.75 Å². The zero-order chi connectivity index (χ0) is 14.8. The summed E-state index contributed by atoms with van der Waals surface area (Å²) in [5.41, 5.74) is 7.61. The van der Waals surface area contributed by atoms with Gasteiger partial charge in [-0.15, -0.1) is 11.3 Å². The van der Waals surface area contributed by atoms with Crippen molar-refractivity contribution in [2.24, 2.45) is 5.92 Å². The fourth-order valence-electron chi connectivity index (χ4n) is 2.25. The number of methoxy groups -OCH3 is 1. The van der Waals surface area contributed by atoms with Gasteiger partial charge in [-0.2, -0.15) is 0 Å². The number of rotatable bonds is 6. The number of benzene rings is 1. The van der Waals surface area contributed by atoms with Gasteiger partial charge in [-0.3, -0.25) is 4.79 Å². The van der Waals surface area contributed by atoms with Crippen molar-refractivity contribution >= 4 is 27.8 Å². The highest BCUT2D eigenvalue weighted by atomic mass is 32.1. The summed E-state index contributed by atoms with van der Waals surface area (Å²) < 4.78 is 5.33. The maximum atomic E-state index is 12.1. The van der Waals surface area contributed by atoms with E-state index in [4.69, 9.17) is 10.5 Å². The third-order valence-corrected chi connectivity index (χ3v) is 4.70. The number of hydrogen-bond acceptors (Lipinski definition) is 5. The predicted octanol–water partition coefficient (Wildman–Crippen LogP) is 3.54. The van der Waals surface area contributed by atoms with E-state index in [1.54, 1.807) is 7.11 Å². The van der Waals surface area contributed by atoms with E-state index >= 15 is 0 Å². The average molecular weight is 302 g/mol. The molecule has 110 valence electrons. The number of carbonyl (C=O) groups is 1. The van der Waals surface area contributed by atoms with Crippen molar-refractivity contribution < 1.29 is 9.53 Å². The second kappa shape index (κ2) is 5.77. The molecule has 5 heteroatoms.